The average Bonchev–Trinajstić information content (AvgIpc) is 2.69. The number of carbonyl (C=O) groups excluding carboxylic acids is 3. The van der Waals surface area contributed by atoms with Gasteiger partial charge in [-0.15, -0.1) is 0 Å². The molecule has 3 atom stereocenters. The fourth-order valence-electron chi connectivity index (χ4n) is 3.29. The number of β-lactam (4-membered cyclic amide) rings is 1. The van der Waals surface area contributed by atoms with Gasteiger partial charge in [0.1, 0.15) is 0 Å². The lowest BCUT2D eigenvalue weighted by atomic mass is 9.81. The second kappa shape index (κ2) is 5.72. The molecule has 0 bridgehead atoms. The van der Waals surface area contributed by atoms with E-state index in [0.29, 0.717) is 5.57 Å². The number of nitrogens with zero attached hydrogens (tertiary/aromatic N) is 1. The fourth-order valence-corrected chi connectivity index (χ4v) is 3.29. The van der Waals surface area contributed by atoms with Crippen molar-refractivity contribution in [3.8, 4) is 0 Å². The van der Waals surface area contributed by atoms with Gasteiger partial charge in [0.05, 0.1) is 31.3 Å². The molecule has 0 aliphatic carbocycles. The van der Waals surface area contributed by atoms with Crippen LogP contribution < -0.4 is 0 Å². The maximum absolute atomic E-state index is 12.4. The topological polar surface area (TPSA) is 93.1 Å². The highest BCUT2D eigenvalue weighted by atomic mass is 16.6. The predicted octanol–water partition coefficient (Wildman–Crippen LogP) is 0.0191. The summed E-state index contributed by atoms with van der Waals surface area (Å²) in [7, 11) is 0. The van der Waals surface area contributed by atoms with Crippen LogP contribution in [-0.2, 0) is 23.9 Å². The van der Waals surface area contributed by atoms with Crippen LogP contribution in [0.25, 0.3) is 0 Å². The van der Waals surface area contributed by atoms with E-state index in [2.05, 4.69) is 6.58 Å². The lowest BCUT2D eigenvalue weighted by Gasteiger charge is -2.49. The number of hydrogen-bond donors (Lipinski definition) is 1. The summed E-state index contributed by atoms with van der Waals surface area (Å²) in [6.07, 6.45) is -0.921. The van der Waals surface area contributed by atoms with Crippen molar-refractivity contribution >= 4 is 17.8 Å². The molecule has 0 radical (unpaired) electrons. The average molecular weight is 311 g/mol. The molecule has 2 fully saturated rings. The predicted molar refractivity (Wildman–Crippen MR) is 75.6 cm³/mol. The number of ether oxygens (including phenoxy) is 2. The van der Waals surface area contributed by atoms with E-state index in [9.17, 15) is 19.5 Å². The van der Waals surface area contributed by atoms with Crippen molar-refractivity contribution in [2.45, 2.75) is 44.9 Å². The minimum Gasteiger partial charge on any atom is -0.464 e. The first-order chi connectivity index (χ1) is 10.3. The summed E-state index contributed by atoms with van der Waals surface area (Å²) in [6, 6.07) is -0.540. The number of fused-ring (bicyclic) bond motifs is 1. The Hall–Kier alpha value is -1.89. The summed E-state index contributed by atoms with van der Waals surface area (Å²) < 4.78 is 10.0. The Morgan fingerprint density at radius 3 is 2.27 bits per heavy atom. The largest absolute Gasteiger partial charge is 0.464 e. The Morgan fingerprint density at radius 1 is 1.36 bits per heavy atom. The zero-order valence-electron chi connectivity index (χ0n) is 13.0. The van der Waals surface area contributed by atoms with Crippen molar-refractivity contribution < 1.29 is 29.0 Å². The quantitative estimate of drug-likeness (QED) is 0.333. The van der Waals surface area contributed by atoms with Gasteiger partial charge in [-0.3, -0.25) is 4.79 Å². The van der Waals surface area contributed by atoms with Crippen LogP contribution in [0.3, 0.4) is 0 Å². The summed E-state index contributed by atoms with van der Waals surface area (Å²) in [5, 5.41) is 9.74. The summed E-state index contributed by atoms with van der Waals surface area (Å²) in [5.74, 6) is -2.76. The number of aliphatic hydroxyl groups is 1. The third-order valence-corrected chi connectivity index (χ3v) is 4.20. The first-order valence-corrected chi connectivity index (χ1v) is 7.36. The zero-order chi connectivity index (χ0) is 16.7. The van der Waals surface area contributed by atoms with E-state index < -0.39 is 41.4 Å². The lowest BCUT2D eigenvalue weighted by molar-refractivity contribution is -0.191. The molecule has 1 amide bonds. The molecule has 7 heteroatoms. The Kier molecular flexibility index (Phi) is 4.28. The summed E-state index contributed by atoms with van der Waals surface area (Å²) in [4.78, 5) is 38.4. The van der Waals surface area contributed by atoms with Crippen molar-refractivity contribution in [3.63, 3.8) is 0 Å². The molecule has 0 saturated carbocycles. The number of hydrogen-bond acceptors (Lipinski definition) is 6. The van der Waals surface area contributed by atoms with Gasteiger partial charge < -0.3 is 19.5 Å². The number of aliphatic hydroxyl groups excluding tert-OH is 1. The molecule has 0 aromatic heterocycles. The van der Waals surface area contributed by atoms with Crippen LogP contribution in [0.4, 0.5) is 0 Å². The summed E-state index contributed by atoms with van der Waals surface area (Å²) >= 11 is 0. The van der Waals surface area contributed by atoms with E-state index in [1.807, 2.05) is 0 Å². The third-order valence-electron chi connectivity index (χ3n) is 4.20. The Labute approximate surface area is 128 Å². The second-order valence-electron chi connectivity index (χ2n) is 5.56. The van der Waals surface area contributed by atoms with Crippen LogP contribution in [0.1, 0.15) is 27.2 Å². The van der Waals surface area contributed by atoms with E-state index >= 15 is 0 Å². The van der Waals surface area contributed by atoms with Crippen molar-refractivity contribution in [2.24, 2.45) is 5.92 Å². The molecule has 122 valence electrons. The van der Waals surface area contributed by atoms with Crippen molar-refractivity contribution in [2.75, 3.05) is 13.2 Å². The minimum absolute atomic E-state index is 0.0374. The first kappa shape index (κ1) is 16.5. The van der Waals surface area contributed by atoms with Gasteiger partial charge in [-0.1, -0.05) is 12.2 Å². The fraction of sp³-hybridized carbons (Fsp3) is 0.667. The molecule has 2 saturated heterocycles. The molecule has 22 heavy (non-hydrogen) atoms. The minimum atomic E-state index is -1.81. The van der Waals surface area contributed by atoms with Gasteiger partial charge in [0, 0.05) is 6.42 Å². The van der Waals surface area contributed by atoms with Gasteiger partial charge in [0.2, 0.25) is 11.4 Å². The van der Waals surface area contributed by atoms with E-state index in [-0.39, 0.29) is 19.6 Å². The van der Waals surface area contributed by atoms with Gasteiger partial charge >= 0.3 is 11.9 Å². The monoisotopic (exact) mass is 311 g/mol. The second-order valence-corrected chi connectivity index (χ2v) is 5.56. The normalized spacial score (nSPS) is 27.0. The number of amides is 1. The van der Waals surface area contributed by atoms with Gasteiger partial charge in [-0.25, -0.2) is 9.59 Å². The molecule has 0 spiro atoms. The molecule has 2 heterocycles. The standard InChI is InChI=1S/C15H21NO6/c1-5-21-13(19)15(14(20)22-6-2)7-8(3)11-10(9(4)17)12(18)16(11)15/h9-11,17H,3,5-7H2,1-2,4H3/t9-,10-,11-/m1/s1. The van der Waals surface area contributed by atoms with E-state index in [4.69, 9.17) is 9.47 Å². The highest BCUT2D eigenvalue weighted by molar-refractivity contribution is 6.11. The van der Waals surface area contributed by atoms with Crippen molar-refractivity contribution in [1.82, 2.24) is 4.90 Å². The molecule has 1 N–H and O–H groups in total. The van der Waals surface area contributed by atoms with Crippen LogP contribution in [0.15, 0.2) is 12.2 Å². The number of rotatable bonds is 5. The van der Waals surface area contributed by atoms with Crippen molar-refractivity contribution in [3.05, 3.63) is 12.2 Å². The molecule has 7 nitrogen and oxygen atoms in total. The van der Waals surface area contributed by atoms with Gasteiger partial charge in [-0.05, 0) is 20.8 Å². The molecule has 0 unspecified atom stereocenters. The molecule has 2 rings (SSSR count). The summed E-state index contributed by atoms with van der Waals surface area (Å²) in [5.41, 5.74) is -1.26. The molecule has 2 aliphatic heterocycles. The number of carbonyl (C=O) groups is 3. The number of esters is 2. The highest BCUT2D eigenvalue weighted by Gasteiger charge is 2.71. The molecule has 2 aliphatic rings. The van der Waals surface area contributed by atoms with Gasteiger partial charge in [-0.2, -0.15) is 0 Å². The molecule has 0 aromatic rings. The van der Waals surface area contributed by atoms with Gasteiger partial charge in [0.25, 0.3) is 0 Å². The maximum Gasteiger partial charge on any atom is 0.344 e. The van der Waals surface area contributed by atoms with Crippen molar-refractivity contribution in [1.29, 1.82) is 0 Å². The lowest BCUT2D eigenvalue weighted by Crippen LogP contribution is -2.72. The maximum atomic E-state index is 12.4. The van der Waals surface area contributed by atoms with Gasteiger partial charge in [0.15, 0.2) is 0 Å². The molecular formula is C15H21NO6. The Bertz CT molecular complexity index is 508. The SMILES string of the molecule is C=C1CC(C(=O)OCC)(C(=O)OCC)N2C(=O)[C@H]([C@@H](C)O)[C@@H]12. The van der Waals surface area contributed by atoms with E-state index in [0.717, 1.165) is 0 Å². The third kappa shape index (κ3) is 2.03. The van der Waals surface area contributed by atoms with E-state index in [1.54, 1.807) is 13.8 Å². The molecular weight excluding hydrogens is 290 g/mol. The highest BCUT2D eigenvalue weighted by Crippen LogP contribution is 2.50. The smallest absolute Gasteiger partial charge is 0.344 e. The van der Waals surface area contributed by atoms with Crippen LogP contribution >= 0.6 is 0 Å². The zero-order valence-corrected chi connectivity index (χ0v) is 13.0. The molecule has 0 aromatic carbocycles. The summed E-state index contributed by atoms with van der Waals surface area (Å²) in [6.45, 7) is 8.77. The first-order valence-electron chi connectivity index (χ1n) is 7.36. The van der Waals surface area contributed by atoms with Crippen LogP contribution in [0.5, 0.6) is 0 Å². The Morgan fingerprint density at radius 2 is 1.86 bits per heavy atom. The van der Waals surface area contributed by atoms with Crippen LogP contribution in [0, 0.1) is 5.92 Å². The van der Waals surface area contributed by atoms with Crippen LogP contribution in [0.2, 0.25) is 0 Å². The van der Waals surface area contributed by atoms with Crippen LogP contribution in [-0.4, -0.2) is 58.8 Å². The van der Waals surface area contributed by atoms with E-state index in [1.165, 1.54) is 11.8 Å². The Balaban J connectivity index is 2.44.